The Morgan fingerprint density at radius 3 is 2.34 bits per heavy atom. The molecule has 172 valence electrons. The Labute approximate surface area is 182 Å². The molecule has 0 spiro atoms. The molecule has 2 aromatic rings. The van der Waals surface area contributed by atoms with Crippen LogP contribution in [0, 0.1) is 34.5 Å². The summed E-state index contributed by atoms with van der Waals surface area (Å²) in [6.45, 7) is 4.00. The maximum absolute atomic E-state index is 13.7. The Bertz CT molecular complexity index is 1020. The summed E-state index contributed by atoms with van der Waals surface area (Å²) >= 11 is 0. The highest BCUT2D eigenvalue weighted by molar-refractivity contribution is 5.93. The summed E-state index contributed by atoms with van der Waals surface area (Å²) in [4.78, 5) is 36.5. The van der Waals surface area contributed by atoms with Gasteiger partial charge in [-0.3, -0.25) is 24.6 Å². The molecule has 0 atom stereocenters. The van der Waals surface area contributed by atoms with Crippen molar-refractivity contribution < 1.29 is 27.7 Å². The number of nitro benzene ring substituents is 1. The molecule has 0 aliphatic heterocycles. The third-order valence-corrected chi connectivity index (χ3v) is 4.58. The van der Waals surface area contributed by atoms with E-state index in [4.69, 9.17) is 0 Å². The number of non-ortho nitro benzene ring substituents is 1. The zero-order chi connectivity index (χ0) is 23.8. The number of nitrogens with zero attached hydrogens (tertiary/aromatic N) is 2. The van der Waals surface area contributed by atoms with E-state index in [0.717, 1.165) is 6.07 Å². The summed E-state index contributed by atoms with van der Waals surface area (Å²) in [7, 11) is 0. The van der Waals surface area contributed by atoms with Crippen molar-refractivity contribution in [2.45, 2.75) is 26.7 Å². The molecule has 2 rings (SSSR count). The molecule has 2 N–H and O–H groups in total. The van der Waals surface area contributed by atoms with Crippen LogP contribution < -0.4 is 10.6 Å². The van der Waals surface area contributed by atoms with E-state index in [-0.39, 0.29) is 25.2 Å². The molecule has 0 aliphatic rings. The van der Waals surface area contributed by atoms with Gasteiger partial charge in [0.1, 0.15) is 0 Å². The number of nitrogens with one attached hydrogen (secondary N) is 2. The van der Waals surface area contributed by atoms with Gasteiger partial charge in [-0.15, -0.1) is 0 Å². The number of hydrogen-bond acceptors (Lipinski definition) is 5. The van der Waals surface area contributed by atoms with E-state index in [1.165, 1.54) is 18.2 Å². The molecular weight excluding hydrogens is 429 g/mol. The van der Waals surface area contributed by atoms with Crippen molar-refractivity contribution in [2.75, 3.05) is 30.3 Å². The molecule has 0 bridgehead atoms. The minimum atomic E-state index is -1.68. The van der Waals surface area contributed by atoms with Gasteiger partial charge in [0.05, 0.1) is 22.8 Å². The molecule has 8 nitrogen and oxygen atoms in total. The fraction of sp³-hybridized carbons (Fsp3) is 0.333. The maximum Gasteiger partial charge on any atom is 0.271 e. The van der Waals surface area contributed by atoms with Crippen LogP contribution in [-0.4, -0.2) is 41.3 Å². The van der Waals surface area contributed by atoms with Gasteiger partial charge in [-0.05, 0) is 37.6 Å². The van der Waals surface area contributed by atoms with Crippen LogP contribution in [0.25, 0.3) is 0 Å². The number of aryl methyl sites for hydroxylation is 1. The summed E-state index contributed by atoms with van der Waals surface area (Å²) < 4.78 is 40.1. The number of nitro groups is 1. The number of carbonyl (C=O) groups excluding carboxylic acids is 2. The normalized spacial score (nSPS) is 10.8. The lowest BCUT2D eigenvalue weighted by molar-refractivity contribution is -0.384. The molecule has 0 radical (unpaired) electrons. The van der Waals surface area contributed by atoms with Crippen LogP contribution in [0.1, 0.15) is 25.3 Å². The number of benzene rings is 2. The van der Waals surface area contributed by atoms with Gasteiger partial charge >= 0.3 is 0 Å². The predicted molar refractivity (Wildman–Crippen MR) is 113 cm³/mol. The SMILES string of the molecule is CCCN(CCC(=O)Nc1cc([N+](=O)[O-])ccc1C)CC(=O)Nc1ccc(F)c(F)c1F. The van der Waals surface area contributed by atoms with Crippen LogP contribution in [0.5, 0.6) is 0 Å². The zero-order valence-electron chi connectivity index (χ0n) is 17.6. The Kier molecular flexibility index (Phi) is 8.71. The van der Waals surface area contributed by atoms with Gasteiger partial charge in [0.15, 0.2) is 17.5 Å². The average Bonchev–Trinajstić information content (AvgIpc) is 2.74. The van der Waals surface area contributed by atoms with E-state index in [0.29, 0.717) is 30.3 Å². The molecule has 0 aliphatic carbocycles. The predicted octanol–water partition coefficient (Wildman–Crippen LogP) is 4.00. The van der Waals surface area contributed by atoms with Gasteiger partial charge in [-0.1, -0.05) is 13.0 Å². The van der Waals surface area contributed by atoms with Crippen LogP contribution in [-0.2, 0) is 9.59 Å². The number of halogens is 3. The smallest absolute Gasteiger partial charge is 0.271 e. The highest BCUT2D eigenvalue weighted by Gasteiger charge is 2.18. The van der Waals surface area contributed by atoms with E-state index in [2.05, 4.69) is 10.6 Å². The molecule has 0 saturated carbocycles. The first-order valence-electron chi connectivity index (χ1n) is 9.83. The van der Waals surface area contributed by atoms with Crippen molar-refractivity contribution in [3.63, 3.8) is 0 Å². The van der Waals surface area contributed by atoms with E-state index >= 15 is 0 Å². The van der Waals surface area contributed by atoms with E-state index in [1.807, 2.05) is 6.92 Å². The maximum atomic E-state index is 13.7. The van der Waals surface area contributed by atoms with Crippen LogP contribution in [0.4, 0.5) is 30.2 Å². The van der Waals surface area contributed by atoms with E-state index in [1.54, 1.807) is 11.8 Å². The molecule has 32 heavy (non-hydrogen) atoms. The molecule has 0 unspecified atom stereocenters. The average molecular weight is 452 g/mol. The molecule has 2 aromatic carbocycles. The molecule has 2 amide bonds. The fourth-order valence-electron chi connectivity index (χ4n) is 2.93. The molecule has 0 aromatic heterocycles. The summed E-state index contributed by atoms with van der Waals surface area (Å²) in [6.07, 6.45) is 0.660. The second-order valence-electron chi connectivity index (χ2n) is 7.10. The van der Waals surface area contributed by atoms with Gasteiger partial charge in [-0.2, -0.15) is 0 Å². The lowest BCUT2D eigenvalue weighted by atomic mass is 10.1. The van der Waals surface area contributed by atoms with E-state index < -0.39 is 39.9 Å². The number of hydrogen-bond donors (Lipinski definition) is 2. The van der Waals surface area contributed by atoms with Crippen LogP contribution >= 0.6 is 0 Å². The van der Waals surface area contributed by atoms with Crippen molar-refractivity contribution in [3.8, 4) is 0 Å². The van der Waals surface area contributed by atoms with Gasteiger partial charge < -0.3 is 10.6 Å². The standard InChI is InChI=1S/C21H23F3N4O4/c1-3-9-27(12-19(30)25-16-7-6-15(22)20(23)21(16)24)10-8-18(29)26-17-11-14(28(31)32)5-4-13(17)2/h4-7,11H,3,8-10,12H2,1-2H3,(H,25,30)(H,26,29). The van der Waals surface area contributed by atoms with Gasteiger partial charge in [-0.25, -0.2) is 13.2 Å². The van der Waals surface area contributed by atoms with Gasteiger partial charge in [0.25, 0.3) is 5.69 Å². The first-order chi connectivity index (χ1) is 15.1. The lowest BCUT2D eigenvalue weighted by Crippen LogP contribution is -2.36. The van der Waals surface area contributed by atoms with Crippen LogP contribution in [0.2, 0.25) is 0 Å². The van der Waals surface area contributed by atoms with E-state index in [9.17, 15) is 32.9 Å². The number of anilines is 2. The second kappa shape index (κ2) is 11.2. The summed E-state index contributed by atoms with van der Waals surface area (Å²) in [5.41, 5.74) is 0.337. The second-order valence-corrected chi connectivity index (χ2v) is 7.10. The topological polar surface area (TPSA) is 105 Å². The molecule has 0 saturated heterocycles. The summed E-state index contributed by atoms with van der Waals surface area (Å²) in [5.74, 6) is -5.59. The first kappa shape index (κ1) is 24.8. The monoisotopic (exact) mass is 452 g/mol. The molecule has 0 heterocycles. The largest absolute Gasteiger partial charge is 0.326 e. The van der Waals surface area contributed by atoms with Crippen molar-refractivity contribution in [1.82, 2.24) is 4.90 Å². The molecule has 11 heteroatoms. The zero-order valence-corrected chi connectivity index (χ0v) is 17.6. The van der Waals surface area contributed by atoms with Crippen molar-refractivity contribution in [1.29, 1.82) is 0 Å². The minimum absolute atomic E-state index is 0.00501. The third kappa shape index (κ3) is 6.77. The lowest BCUT2D eigenvalue weighted by Gasteiger charge is -2.21. The fourth-order valence-corrected chi connectivity index (χ4v) is 2.93. The number of amides is 2. The minimum Gasteiger partial charge on any atom is -0.326 e. The highest BCUT2D eigenvalue weighted by Crippen LogP contribution is 2.22. The summed E-state index contributed by atoms with van der Waals surface area (Å²) in [5, 5.41) is 15.7. The molecule has 0 fully saturated rings. The highest BCUT2D eigenvalue weighted by atomic mass is 19.2. The molecular formula is C21H23F3N4O4. The first-order valence-corrected chi connectivity index (χ1v) is 9.83. The summed E-state index contributed by atoms with van der Waals surface area (Å²) in [6, 6.07) is 5.75. The van der Waals surface area contributed by atoms with Crippen molar-refractivity contribution in [3.05, 3.63) is 63.5 Å². The van der Waals surface area contributed by atoms with Crippen LogP contribution in [0.3, 0.4) is 0 Å². The Hall–Kier alpha value is -3.47. The Balaban J connectivity index is 1.95. The van der Waals surface area contributed by atoms with Gasteiger partial charge in [0, 0.05) is 25.1 Å². The Morgan fingerprint density at radius 2 is 1.69 bits per heavy atom. The van der Waals surface area contributed by atoms with Crippen LogP contribution in [0.15, 0.2) is 30.3 Å². The number of rotatable bonds is 10. The third-order valence-electron chi connectivity index (χ3n) is 4.58. The number of carbonyl (C=O) groups is 2. The van der Waals surface area contributed by atoms with Crippen molar-refractivity contribution >= 4 is 28.9 Å². The Morgan fingerprint density at radius 1 is 1.00 bits per heavy atom. The van der Waals surface area contributed by atoms with Gasteiger partial charge in [0.2, 0.25) is 11.8 Å². The van der Waals surface area contributed by atoms with Crippen molar-refractivity contribution in [2.24, 2.45) is 0 Å². The quantitative estimate of drug-likeness (QED) is 0.322.